The number of rotatable bonds is 7. The molecule has 0 aliphatic carbocycles. The second-order valence-corrected chi connectivity index (χ2v) is 10.5. The minimum atomic E-state index is -1.21. The van der Waals surface area contributed by atoms with Crippen LogP contribution in [0.3, 0.4) is 0 Å². The van der Waals surface area contributed by atoms with Crippen LogP contribution in [0.4, 0.5) is 0 Å². The maximum Gasteiger partial charge on any atom is 0.331 e. The fourth-order valence-electron chi connectivity index (χ4n) is 5.65. The zero-order chi connectivity index (χ0) is 25.9. The van der Waals surface area contributed by atoms with Crippen LogP contribution in [-0.2, 0) is 19.1 Å². The number of hydrogen-bond acceptors (Lipinski definition) is 6. The molecule has 1 aliphatic rings. The molecule has 7 heteroatoms. The molecule has 7 nitrogen and oxygen atoms in total. The van der Waals surface area contributed by atoms with Crippen molar-refractivity contribution >= 4 is 17.8 Å². The van der Waals surface area contributed by atoms with Gasteiger partial charge in [0, 0.05) is 30.1 Å². The SMILES string of the molecule is COC(=O)C1(NC(=O)c2ccccc2)CC(C)(C)N(CC(OC(C)=O)c2ccccc2)C(C)(C)C1. The summed E-state index contributed by atoms with van der Waals surface area (Å²) in [5, 5.41) is 3.02. The molecule has 0 radical (unpaired) electrons. The van der Waals surface area contributed by atoms with Gasteiger partial charge in [-0.2, -0.15) is 0 Å². The van der Waals surface area contributed by atoms with E-state index in [0.717, 1.165) is 5.56 Å². The molecule has 2 aromatic rings. The number of benzene rings is 2. The van der Waals surface area contributed by atoms with Crippen molar-refractivity contribution < 1.29 is 23.9 Å². The lowest BCUT2D eigenvalue weighted by Gasteiger charge is -2.59. The van der Waals surface area contributed by atoms with Gasteiger partial charge in [-0.1, -0.05) is 48.5 Å². The summed E-state index contributed by atoms with van der Waals surface area (Å²) < 4.78 is 10.9. The molecule has 1 amide bonds. The topological polar surface area (TPSA) is 84.9 Å². The molecular formula is C28H36N2O5. The Kier molecular flexibility index (Phi) is 7.70. The first-order chi connectivity index (χ1) is 16.4. The summed E-state index contributed by atoms with van der Waals surface area (Å²) in [6.45, 7) is 10.00. The van der Waals surface area contributed by atoms with Crippen molar-refractivity contribution in [1.82, 2.24) is 10.2 Å². The van der Waals surface area contributed by atoms with E-state index in [2.05, 4.69) is 10.2 Å². The molecule has 1 aliphatic heterocycles. The van der Waals surface area contributed by atoms with Crippen LogP contribution < -0.4 is 5.32 Å². The normalized spacial score (nSPS) is 19.3. The lowest BCUT2D eigenvalue weighted by molar-refractivity contribution is -0.163. The van der Waals surface area contributed by atoms with Crippen LogP contribution in [-0.4, -0.2) is 53.0 Å². The highest BCUT2D eigenvalue weighted by Gasteiger charge is 2.57. The molecule has 1 saturated heterocycles. The Balaban J connectivity index is 1.95. The van der Waals surface area contributed by atoms with Crippen molar-refractivity contribution in [2.45, 2.75) is 70.2 Å². The second kappa shape index (κ2) is 10.2. The molecule has 35 heavy (non-hydrogen) atoms. The monoisotopic (exact) mass is 480 g/mol. The first kappa shape index (κ1) is 26.4. The highest BCUT2D eigenvalue weighted by Crippen LogP contribution is 2.45. The van der Waals surface area contributed by atoms with Crippen LogP contribution in [0.15, 0.2) is 60.7 Å². The molecule has 0 spiro atoms. The van der Waals surface area contributed by atoms with Crippen molar-refractivity contribution in [2.75, 3.05) is 13.7 Å². The van der Waals surface area contributed by atoms with Gasteiger partial charge in [-0.05, 0) is 58.2 Å². The van der Waals surface area contributed by atoms with E-state index in [4.69, 9.17) is 9.47 Å². The minimum Gasteiger partial charge on any atom is -0.467 e. The average Bonchev–Trinajstić information content (AvgIpc) is 2.80. The van der Waals surface area contributed by atoms with Crippen LogP contribution in [0, 0.1) is 0 Å². The summed E-state index contributed by atoms with van der Waals surface area (Å²) in [5.41, 5.74) is -0.932. The Morgan fingerprint density at radius 3 is 1.91 bits per heavy atom. The maximum atomic E-state index is 13.2. The van der Waals surface area contributed by atoms with Crippen molar-refractivity contribution in [1.29, 1.82) is 0 Å². The quantitative estimate of drug-likeness (QED) is 0.596. The van der Waals surface area contributed by atoms with E-state index >= 15 is 0 Å². The van der Waals surface area contributed by atoms with Gasteiger partial charge >= 0.3 is 11.9 Å². The molecule has 0 saturated carbocycles. The summed E-state index contributed by atoms with van der Waals surface area (Å²) in [7, 11) is 1.34. The van der Waals surface area contributed by atoms with Gasteiger partial charge in [0.1, 0.15) is 11.6 Å². The number of amides is 1. The van der Waals surface area contributed by atoms with E-state index in [9.17, 15) is 14.4 Å². The van der Waals surface area contributed by atoms with Crippen molar-refractivity contribution in [2.24, 2.45) is 0 Å². The predicted octanol–water partition coefficient (Wildman–Crippen LogP) is 4.29. The molecule has 0 bridgehead atoms. The largest absolute Gasteiger partial charge is 0.467 e. The van der Waals surface area contributed by atoms with E-state index in [1.54, 1.807) is 24.3 Å². The molecule has 3 rings (SSSR count). The van der Waals surface area contributed by atoms with E-state index in [1.165, 1.54) is 14.0 Å². The number of carbonyl (C=O) groups is 3. The maximum absolute atomic E-state index is 13.2. The number of nitrogens with one attached hydrogen (secondary N) is 1. The van der Waals surface area contributed by atoms with Gasteiger partial charge in [0.2, 0.25) is 0 Å². The van der Waals surface area contributed by atoms with Gasteiger partial charge in [0.15, 0.2) is 0 Å². The van der Waals surface area contributed by atoms with Crippen LogP contribution in [0.2, 0.25) is 0 Å². The molecule has 1 fully saturated rings. The zero-order valence-corrected chi connectivity index (χ0v) is 21.5. The molecule has 0 aromatic heterocycles. The first-order valence-corrected chi connectivity index (χ1v) is 11.9. The number of nitrogens with zero attached hydrogens (tertiary/aromatic N) is 1. The summed E-state index contributed by atoms with van der Waals surface area (Å²) in [6.07, 6.45) is 0.184. The number of methoxy groups -OCH3 is 1. The number of ether oxygens (including phenoxy) is 2. The Bertz CT molecular complexity index is 1030. The summed E-state index contributed by atoms with van der Waals surface area (Å²) in [6, 6.07) is 18.5. The van der Waals surface area contributed by atoms with E-state index in [-0.39, 0.29) is 11.9 Å². The Morgan fingerprint density at radius 1 is 0.914 bits per heavy atom. The third-order valence-electron chi connectivity index (χ3n) is 6.72. The fraction of sp³-hybridized carbons (Fsp3) is 0.464. The number of piperidine rings is 1. The summed E-state index contributed by atoms with van der Waals surface area (Å²) in [4.78, 5) is 40.5. The lowest BCUT2D eigenvalue weighted by Crippen LogP contribution is -2.72. The molecular weight excluding hydrogens is 444 g/mol. The molecule has 2 aromatic carbocycles. The number of carbonyl (C=O) groups excluding carboxylic acids is 3. The van der Waals surface area contributed by atoms with Crippen LogP contribution in [0.25, 0.3) is 0 Å². The van der Waals surface area contributed by atoms with E-state index in [1.807, 2.05) is 64.1 Å². The van der Waals surface area contributed by atoms with Gasteiger partial charge < -0.3 is 14.8 Å². The van der Waals surface area contributed by atoms with Gasteiger partial charge in [0.05, 0.1) is 7.11 Å². The van der Waals surface area contributed by atoms with Gasteiger partial charge in [-0.25, -0.2) is 4.79 Å². The number of likely N-dealkylation sites (tertiary alicyclic amines) is 1. The van der Waals surface area contributed by atoms with Crippen molar-refractivity contribution in [3.8, 4) is 0 Å². The molecule has 1 heterocycles. The fourth-order valence-corrected chi connectivity index (χ4v) is 5.65. The Morgan fingerprint density at radius 2 is 1.43 bits per heavy atom. The zero-order valence-electron chi connectivity index (χ0n) is 21.5. The van der Waals surface area contributed by atoms with Crippen LogP contribution >= 0.6 is 0 Å². The number of hydrogen-bond donors (Lipinski definition) is 1. The Hall–Kier alpha value is -3.19. The van der Waals surface area contributed by atoms with Crippen LogP contribution in [0.5, 0.6) is 0 Å². The molecule has 1 unspecified atom stereocenters. The van der Waals surface area contributed by atoms with Gasteiger partial charge in [-0.3, -0.25) is 14.5 Å². The minimum absolute atomic E-state index is 0.321. The average molecular weight is 481 g/mol. The molecule has 1 N–H and O–H groups in total. The van der Waals surface area contributed by atoms with Crippen molar-refractivity contribution in [3.05, 3.63) is 71.8 Å². The summed E-state index contributed by atoms with van der Waals surface area (Å²) >= 11 is 0. The van der Waals surface area contributed by atoms with Crippen molar-refractivity contribution in [3.63, 3.8) is 0 Å². The van der Waals surface area contributed by atoms with Gasteiger partial charge in [-0.15, -0.1) is 0 Å². The standard InChI is InChI=1S/C28H36N2O5/c1-20(31)35-23(21-13-9-7-10-14-21)17-30-26(2,3)18-28(25(33)34-6,19-27(30,4)5)29-24(32)22-15-11-8-12-16-22/h7-16,23H,17-19H2,1-6H3,(H,29,32). The number of esters is 2. The Labute approximate surface area is 207 Å². The highest BCUT2D eigenvalue weighted by molar-refractivity contribution is 5.98. The van der Waals surface area contributed by atoms with Gasteiger partial charge in [0.25, 0.3) is 5.91 Å². The lowest BCUT2D eigenvalue weighted by atomic mass is 9.68. The smallest absolute Gasteiger partial charge is 0.331 e. The van der Waals surface area contributed by atoms with E-state index in [0.29, 0.717) is 24.9 Å². The summed E-state index contributed by atoms with van der Waals surface area (Å²) in [5.74, 6) is -1.15. The molecule has 1 atom stereocenters. The second-order valence-electron chi connectivity index (χ2n) is 10.5. The predicted molar refractivity (Wildman–Crippen MR) is 134 cm³/mol. The first-order valence-electron chi connectivity index (χ1n) is 11.9. The third-order valence-corrected chi connectivity index (χ3v) is 6.72. The molecule has 188 valence electrons. The van der Waals surface area contributed by atoms with E-state index < -0.39 is 28.7 Å². The third kappa shape index (κ3) is 5.90. The van der Waals surface area contributed by atoms with Crippen LogP contribution in [0.1, 0.15) is 69.5 Å². The highest BCUT2D eigenvalue weighted by atomic mass is 16.5.